The summed E-state index contributed by atoms with van der Waals surface area (Å²) in [4.78, 5) is 2.54. The molecule has 0 radical (unpaired) electrons. The molecular formula is C16H26N2. The van der Waals surface area contributed by atoms with E-state index in [1.165, 1.54) is 57.3 Å². The molecule has 1 heterocycles. The van der Waals surface area contributed by atoms with Gasteiger partial charge in [-0.25, -0.2) is 0 Å². The summed E-state index contributed by atoms with van der Waals surface area (Å²) in [5, 5.41) is 3.49. The van der Waals surface area contributed by atoms with Crippen LogP contribution < -0.4 is 5.32 Å². The van der Waals surface area contributed by atoms with Gasteiger partial charge in [0.05, 0.1) is 0 Å². The fourth-order valence-corrected chi connectivity index (χ4v) is 2.73. The maximum absolute atomic E-state index is 3.49. The molecule has 0 saturated carbocycles. The van der Waals surface area contributed by atoms with Gasteiger partial charge in [-0.05, 0) is 57.8 Å². The van der Waals surface area contributed by atoms with E-state index in [0.29, 0.717) is 0 Å². The van der Waals surface area contributed by atoms with E-state index in [2.05, 4.69) is 47.6 Å². The number of aryl methyl sites for hydroxylation is 1. The quantitative estimate of drug-likeness (QED) is 0.776. The molecule has 2 heteroatoms. The molecule has 1 aromatic carbocycles. The lowest BCUT2D eigenvalue weighted by molar-refractivity contribution is 0.200. The van der Waals surface area contributed by atoms with Crippen LogP contribution in [-0.2, 0) is 6.42 Å². The van der Waals surface area contributed by atoms with E-state index in [1.807, 2.05) is 0 Å². The minimum absolute atomic E-state index is 0.760. The Labute approximate surface area is 111 Å². The molecule has 1 aliphatic rings. The molecule has 100 valence electrons. The van der Waals surface area contributed by atoms with E-state index in [4.69, 9.17) is 0 Å². The fraction of sp³-hybridized carbons (Fsp3) is 0.625. The van der Waals surface area contributed by atoms with Crippen LogP contribution in [0.1, 0.15) is 31.2 Å². The molecular weight excluding hydrogens is 220 g/mol. The van der Waals surface area contributed by atoms with Crippen LogP contribution in [0.5, 0.6) is 0 Å². The summed E-state index contributed by atoms with van der Waals surface area (Å²) < 4.78 is 0. The number of benzene rings is 1. The highest BCUT2D eigenvalue weighted by molar-refractivity contribution is 5.14. The summed E-state index contributed by atoms with van der Waals surface area (Å²) in [7, 11) is 2.28. The van der Waals surface area contributed by atoms with Gasteiger partial charge in [-0.1, -0.05) is 30.3 Å². The maximum Gasteiger partial charge on any atom is 0.0218 e. The smallest absolute Gasteiger partial charge is 0.0218 e. The second-order valence-electron chi connectivity index (χ2n) is 5.42. The number of hydrogen-bond acceptors (Lipinski definition) is 2. The second kappa shape index (κ2) is 7.55. The molecule has 0 amide bonds. The summed E-state index contributed by atoms with van der Waals surface area (Å²) in [6.07, 6.45) is 6.52. The summed E-state index contributed by atoms with van der Waals surface area (Å²) >= 11 is 0. The van der Waals surface area contributed by atoms with E-state index in [0.717, 1.165) is 6.04 Å². The summed E-state index contributed by atoms with van der Waals surface area (Å²) in [5.41, 5.74) is 1.47. The molecule has 2 nitrogen and oxygen atoms in total. The van der Waals surface area contributed by atoms with Crippen molar-refractivity contribution < 1.29 is 0 Å². The molecule has 1 saturated heterocycles. The topological polar surface area (TPSA) is 15.3 Å². The Kier molecular flexibility index (Phi) is 5.69. The Bertz CT molecular complexity index is 317. The first kappa shape index (κ1) is 13.6. The van der Waals surface area contributed by atoms with E-state index in [1.54, 1.807) is 0 Å². The molecule has 1 aromatic rings. The van der Waals surface area contributed by atoms with Crippen molar-refractivity contribution in [2.24, 2.45) is 0 Å². The van der Waals surface area contributed by atoms with Crippen LogP contribution >= 0.6 is 0 Å². The van der Waals surface area contributed by atoms with Crippen LogP contribution in [0.3, 0.4) is 0 Å². The third-order valence-corrected chi connectivity index (χ3v) is 3.96. The predicted octanol–water partition coefficient (Wildman–Crippen LogP) is 2.69. The van der Waals surface area contributed by atoms with Gasteiger partial charge >= 0.3 is 0 Å². The monoisotopic (exact) mass is 246 g/mol. The van der Waals surface area contributed by atoms with Gasteiger partial charge in [0, 0.05) is 12.6 Å². The molecule has 1 N–H and O–H groups in total. The molecule has 1 fully saturated rings. The average molecular weight is 246 g/mol. The third-order valence-electron chi connectivity index (χ3n) is 3.96. The van der Waals surface area contributed by atoms with Crippen LogP contribution in [0.25, 0.3) is 0 Å². The Balaban J connectivity index is 1.60. The number of nitrogens with one attached hydrogen (secondary N) is 1. The lowest BCUT2D eigenvalue weighted by Gasteiger charge is -2.31. The van der Waals surface area contributed by atoms with Crippen LogP contribution in [0.4, 0.5) is 0 Å². The van der Waals surface area contributed by atoms with Gasteiger partial charge in [-0.15, -0.1) is 0 Å². The fourth-order valence-electron chi connectivity index (χ4n) is 2.73. The first-order valence-electron chi connectivity index (χ1n) is 7.31. The van der Waals surface area contributed by atoms with Crippen molar-refractivity contribution >= 4 is 0 Å². The largest absolute Gasteiger partial charge is 0.315 e. The van der Waals surface area contributed by atoms with E-state index in [-0.39, 0.29) is 0 Å². The summed E-state index contributed by atoms with van der Waals surface area (Å²) in [6.45, 7) is 3.62. The maximum atomic E-state index is 3.49. The van der Waals surface area contributed by atoms with Crippen LogP contribution in [0, 0.1) is 0 Å². The predicted molar refractivity (Wildman–Crippen MR) is 77.9 cm³/mol. The molecule has 2 rings (SSSR count). The Morgan fingerprint density at radius 3 is 2.78 bits per heavy atom. The summed E-state index contributed by atoms with van der Waals surface area (Å²) in [5.74, 6) is 0. The zero-order chi connectivity index (χ0) is 12.6. The van der Waals surface area contributed by atoms with Crippen molar-refractivity contribution in [2.45, 2.75) is 38.1 Å². The van der Waals surface area contributed by atoms with Crippen molar-refractivity contribution in [3.8, 4) is 0 Å². The van der Waals surface area contributed by atoms with Crippen LogP contribution in [0.2, 0.25) is 0 Å². The molecule has 1 atom stereocenters. The first-order valence-corrected chi connectivity index (χ1v) is 7.31. The van der Waals surface area contributed by atoms with Crippen LogP contribution in [0.15, 0.2) is 30.3 Å². The molecule has 18 heavy (non-hydrogen) atoms. The van der Waals surface area contributed by atoms with Gasteiger partial charge in [0.2, 0.25) is 0 Å². The summed E-state index contributed by atoms with van der Waals surface area (Å²) in [6, 6.07) is 11.6. The molecule has 1 aliphatic heterocycles. The van der Waals surface area contributed by atoms with Crippen molar-refractivity contribution in [1.29, 1.82) is 0 Å². The van der Waals surface area contributed by atoms with Gasteiger partial charge in [-0.2, -0.15) is 0 Å². The van der Waals surface area contributed by atoms with Crippen LogP contribution in [-0.4, -0.2) is 37.6 Å². The van der Waals surface area contributed by atoms with Crippen molar-refractivity contribution in [3.05, 3.63) is 35.9 Å². The zero-order valence-corrected chi connectivity index (χ0v) is 11.6. The lowest BCUT2D eigenvalue weighted by atomic mass is 10.1. The van der Waals surface area contributed by atoms with E-state index in [9.17, 15) is 0 Å². The number of rotatable bonds is 6. The lowest BCUT2D eigenvalue weighted by Crippen LogP contribution is -2.44. The SMILES string of the molecule is CN(CCCCc1ccccc1)C1CCCNC1. The van der Waals surface area contributed by atoms with Gasteiger partial charge < -0.3 is 10.2 Å². The van der Waals surface area contributed by atoms with E-state index >= 15 is 0 Å². The molecule has 1 unspecified atom stereocenters. The minimum Gasteiger partial charge on any atom is -0.315 e. The van der Waals surface area contributed by atoms with Gasteiger partial charge in [0.15, 0.2) is 0 Å². The molecule has 0 aliphatic carbocycles. The highest BCUT2D eigenvalue weighted by Crippen LogP contribution is 2.10. The number of likely N-dealkylation sites (N-methyl/N-ethyl adjacent to an activating group) is 1. The van der Waals surface area contributed by atoms with Crippen molar-refractivity contribution in [3.63, 3.8) is 0 Å². The molecule has 0 bridgehead atoms. The number of unbranched alkanes of at least 4 members (excludes halogenated alkanes) is 1. The van der Waals surface area contributed by atoms with Gasteiger partial charge in [0.25, 0.3) is 0 Å². The number of hydrogen-bond donors (Lipinski definition) is 1. The first-order chi connectivity index (χ1) is 8.86. The second-order valence-corrected chi connectivity index (χ2v) is 5.42. The zero-order valence-electron chi connectivity index (χ0n) is 11.6. The van der Waals surface area contributed by atoms with E-state index < -0.39 is 0 Å². The van der Waals surface area contributed by atoms with Gasteiger partial charge in [-0.3, -0.25) is 0 Å². The Morgan fingerprint density at radius 1 is 1.22 bits per heavy atom. The average Bonchev–Trinajstić information content (AvgIpc) is 2.45. The number of nitrogens with zero attached hydrogens (tertiary/aromatic N) is 1. The minimum atomic E-state index is 0.760. The Morgan fingerprint density at radius 2 is 2.06 bits per heavy atom. The van der Waals surface area contributed by atoms with Crippen molar-refractivity contribution in [1.82, 2.24) is 10.2 Å². The molecule has 0 spiro atoms. The standard InChI is InChI=1S/C16H26N2/c1-18(16-11-7-12-17-14-16)13-6-5-10-15-8-3-2-4-9-15/h2-4,8-9,16-17H,5-7,10-14H2,1H3. The highest BCUT2D eigenvalue weighted by Gasteiger charge is 2.16. The van der Waals surface area contributed by atoms with Gasteiger partial charge in [0.1, 0.15) is 0 Å². The Hall–Kier alpha value is -0.860. The highest BCUT2D eigenvalue weighted by atomic mass is 15.2. The third kappa shape index (κ3) is 4.43. The molecule has 0 aromatic heterocycles. The number of piperidine rings is 1. The normalized spacial score (nSPS) is 20.2. The van der Waals surface area contributed by atoms with Crippen molar-refractivity contribution in [2.75, 3.05) is 26.7 Å².